The first kappa shape index (κ1) is 13.8. The third-order valence-corrected chi connectivity index (χ3v) is 4.86. The number of piperidine rings is 1. The molecule has 0 aromatic heterocycles. The van der Waals surface area contributed by atoms with E-state index in [9.17, 15) is 9.90 Å². The molecule has 0 aliphatic carbocycles. The van der Waals surface area contributed by atoms with E-state index < -0.39 is 11.5 Å². The van der Waals surface area contributed by atoms with Crippen molar-refractivity contribution in [3.8, 4) is 0 Å². The fraction of sp³-hybridized carbons (Fsp3) is 0.929. The molecule has 2 rings (SSSR count). The second-order valence-corrected chi connectivity index (χ2v) is 6.31. The number of rotatable bonds is 3. The average molecular weight is 255 g/mol. The fourth-order valence-electron chi connectivity index (χ4n) is 3.97. The molecule has 3 unspecified atom stereocenters. The van der Waals surface area contributed by atoms with E-state index in [0.717, 1.165) is 12.8 Å². The Bertz CT molecular complexity index is 315. The van der Waals surface area contributed by atoms with Gasteiger partial charge in [0.15, 0.2) is 0 Å². The largest absolute Gasteiger partial charge is 0.469 e. The minimum atomic E-state index is -0.889. The van der Waals surface area contributed by atoms with Gasteiger partial charge in [-0.2, -0.15) is 0 Å². The van der Waals surface area contributed by atoms with E-state index in [0.29, 0.717) is 24.9 Å². The summed E-state index contributed by atoms with van der Waals surface area (Å²) in [6.07, 6.45) is 3.65. The van der Waals surface area contributed by atoms with Crippen LogP contribution >= 0.6 is 0 Å². The van der Waals surface area contributed by atoms with Crippen LogP contribution in [0, 0.1) is 11.8 Å². The Morgan fingerprint density at radius 2 is 1.83 bits per heavy atom. The Labute approximate surface area is 109 Å². The molecule has 2 heterocycles. The summed E-state index contributed by atoms with van der Waals surface area (Å²) in [7, 11) is 3.54. The second kappa shape index (κ2) is 4.82. The monoisotopic (exact) mass is 255 g/mol. The summed E-state index contributed by atoms with van der Waals surface area (Å²) in [6.45, 7) is 3.97. The quantitative estimate of drug-likeness (QED) is 0.775. The molecule has 104 valence electrons. The van der Waals surface area contributed by atoms with E-state index >= 15 is 0 Å². The van der Waals surface area contributed by atoms with Gasteiger partial charge in [-0.25, -0.2) is 0 Å². The minimum absolute atomic E-state index is 0.102. The summed E-state index contributed by atoms with van der Waals surface area (Å²) in [5.74, 6) is -0.569. The highest BCUT2D eigenvalue weighted by Crippen LogP contribution is 2.45. The molecule has 4 nitrogen and oxygen atoms in total. The van der Waals surface area contributed by atoms with Crippen LogP contribution in [0.1, 0.15) is 39.5 Å². The molecule has 2 bridgehead atoms. The van der Waals surface area contributed by atoms with Crippen molar-refractivity contribution >= 4 is 5.97 Å². The Hall–Kier alpha value is -0.610. The second-order valence-electron chi connectivity index (χ2n) is 6.31. The van der Waals surface area contributed by atoms with Gasteiger partial charge in [0.05, 0.1) is 18.6 Å². The van der Waals surface area contributed by atoms with Crippen LogP contribution in [-0.4, -0.2) is 47.8 Å². The molecule has 0 aromatic rings. The predicted molar refractivity (Wildman–Crippen MR) is 69.1 cm³/mol. The molecule has 18 heavy (non-hydrogen) atoms. The summed E-state index contributed by atoms with van der Waals surface area (Å²) in [5, 5.41) is 11.0. The number of carbonyl (C=O) groups excluding carboxylic acids is 1. The van der Waals surface area contributed by atoms with E-state index in [2.05, 4.69) is 11.9 Å². The number of carbonyl (C=O) groups is 1. The van der Waals surface area contributed by atoms with Gasteiger partial charge in [-0.05, 0) is 38.6 Å². The molecule has 2 saturated heterocycles. The molecule has 0 saturated carbocycles. The van der Waals surface area contributed by atoms with Crippen LogP contribution < -0.4 is 0 Å². The lowest BCUT2D eigenvalue weighted by Gasteiger charge is -2.46. The molecular formula is C14H25NO3. The normalized spacial score (nSPS) is 37.9. The summed E-state index contributed by atoms with van der Waals surface area (Å²) in [4.78, 5) is 14.3. The molecule has 4 heteroatoms. The van der Waals surface area contributed by atoms with Crippen molar-refractivity contribution in [2.24, 2.45) is 11.8 Å². The Balaban J connectivity index is 2.22. The summed E-state index contributed by atoms with van der Waals surface area (Å²) in [6, 6.07) is 0.833. The van der Waals surface area contributed by atoms with Gasteiger partial charge in [0.1, 0.15) is 0 Å². The third-order valence-electron chi connectivity index (χ3n) is 4.86. The van der Waals surface area contributed by atoms with Gasteiger partial charge in [0.2, 0.25) is 0 Å². The van der Waals surface area contributed by atoms with Gasteiger partial charge >= 0.3 is 5.97 Å². The SMILES string of the molecule is COC(=O)C(C(C)C)C1(O)CC2CCC(C1)N2C. The molecule has 0 radical (unpaired) electrons. The Morgan fingerprint density at radius 1 is 1.33 bits per heavy atom. The zero-order valence-electron chi connectivity index (χ0n) is 11.8. The van der Waals surface area contributed by atoms with Gasteiger partial charge in [0, 0.05) is 12.1 Å². The van der Waals surface area contributed by atoms with Crippen LogP contribution in [0.15, 0.2) is 0 Å². The molecule has 1 N–H and O–H groups in total. The maximum atomic E-state index is 12.0. The maximum absolute atomic E-state index is 12.0. The van der Waals surface area contributed by atoms with Crippen molar-refractivity contribution in [1.29, 1.82) is 0 Å². The van der Waals surface area contributed by atoms with Crippen molar-refractivity contribution in [1.82, 2.24) is 4.90 Å². The Morgan fingerprint density at radius 3 is 2.22 bits per heavy atom. The summed E-state index contributed by atoms with van der Waals surface area (Å²) < 4.78 is 4.90. The molecular weight excluding hydrogens is 230 g/mol. The number of ether oxygens (including phenoxy) is 1. The van der Waals surface area contributed by atoms with Crippen molar-refractivity contribution in [2.75, 3.05) is 14.2 Å². The molecule has 2 aliphatic rings. The van der Waals surface area contributed by atoms with E-state index in [4.69, 9.17) is 4.74 Å². The van der Waals surface area contributed by atoms with Crippen molar-refractivity contribution in [3.63, 3.8) is 0 Å². The molecule has 3 atom stereocenters. The highest BCUT2D eigenvalue weighted by Gasteiger charge is 2.52. The standard InChI is InChI=1S/C14H25NO3/c1-9(2)12(13(16)18-4)14(17)7-10-5-6-11(8-14)15(10)3/h9-12,17H,5-8H2,1-4H3. The van der Waals surface area contributed by atoms with Gasteiger partial charge < -0.3 is 14.7 Å². The van der Waals surface area contributed by atoms with Crippen LogP contribution in [0.25, 0.3) is 0 Å². The highest BCUT2D eigenvalue weighted by molar-refractivity contribution is 5.74. The first-order valence-corrected chi connectivity index (χ1v) is 6.91. The van der Waals surface area contributed by atoms with Crippen molar-refractivity contribution in [3.05, 3.63) is 0 Å². The van der Waals surface area contributed by atoms with Crippen LogP contribution in [-0.2, 0) is 9.53 Å². The number of aliphatic hydroxyl groups is 1. The third kappa shape index (κ3) is 2.16. The molecule has 0 aromatic carbocycles. The van der Waals surface area contributed by atoms with Crippen LogP contribution in [0.2, 0.25) is 0 Å². The number of esters is 1. The first-order chi connectivity index (χ1) is 8.39. The first-order valence-electron chi connectivity index (χ1n) is 6.91. The Kier molecular flexibility index (Phi) is 3.70. The number of fused-ring (bicyclic) bond motifs is 2. The lowest BCUT2D eigenvalue weighted by Crippen LogP contribution is -2.56. The van der Waals surface area contributed by atoms with E-state index in [1.807, 2.05) is 13.8 Å². The van der Waals surface area contributed by atoms with Gasteiger partial charge in [-0.15, -0.1) is 0 Å². The van der Waals surface area contributed by atoms with E-state index in [-0.39, 0.29) is 11.9 Å². The highest BCUT2D eigenvalue weighted by atomic mass is 16.5. The van der Waals surface area contributed by atoms with Gasteiger partial charge in [0.25, 0.3) is 0 Å². The van der Waals surface area contributed by atoms with Crippen molar-refractivity contribution in [2.45, 2.75) is 57.2 Å². The molecule has 2 fully saturated rings. The zero-order valence-corrected chi connectivity index (χ0v) is 11.8. The predicted octanol–water partition coefficient (Wildman–Crippen LogP) is 1.42. The average Bonchev–Trinajstić information content (AvgIpc) is 2.51. The lowest BCUT2D eigenvalue weighted by molar-refractivity contribution is -0.166. The fourth-order valence-corrected chi connectivity index (χ4v) is 3.97. The smallest absolute Gasteiger partial charge is 0.311 e. The minimum Gasteiger partial charge on any atom is -0.469 e. The summed E-state index contributed by atoms with van der Waals surface area (Å²) >= 11 is 0. The van der Waals surface area contributed by atoms with Crippen LogP contribution in [0.5, 0.6) is 0 Å². The number of nitrogens with zero attached hydrogens (tertiary/aromatic N) is 1. The van der Waals surface area contributed by atoms with Crippen LogP contribution in [0.4, 0.5) is 0 Å². The topological polar surface area (TPSA) is 49.8 Å². The van der Waals surface area contributed by atoms with Crippen LogP contribution in [0.3, 0.4) is 0 Å². The van der Waals surface area contributed by atoms with E-state index in [1.54, 1.807) is 0 Å². The molecule has 2 aliphatic heterocycles. The summed E-state index contributed by atoms with van der Waals surface area (Å²) in [5.41, 5.74) is -0.889. The zero-order chi connectivity index (χ0) is 13.5. The van der Waals surface area contributed by atoms with Gasteiger partial charge in [-0.3, -0.25) is 4.79 Å². The number of methoxy groups -OCH3 is 1. The van der Waals surface area contributed by atoms with Gasteiger partial charge in [-0.1, -0.05) is 13.8 Å². The van der Waals surface area contributed by atoms with Crippen molar-refractivity contribution < 1.29 is 14.6 Å². The maximum Gasteiger partial charge on any atom is 0.311 e. The van der Waals surface area contributed by atoms with E-state index in [1.165, 1.54) is 7.11 Å². The number of hydrogen-bond donors (Lipinski definition) is 1. The molecule has 0 amide bonds. The lowest BCUT2D eigenvalue weighted by atomic mass is 9.72. The number of hydrogen-bond acceptors (Lipinski definition) is 4. The molecule has 0 spiro atoms.